The molecular formula is C10H21N3O2. The number of carbonyl (C=O) groups excluding carboxylic acids is 2. The summed E-state index contributed by atoms with van der Waals surface area (Å²) in [7, 11) is 3.42. The average molecular weight is 215 g/mol. The Morgan fingerprint density at radius 2 is 1.80 bits per heavy atom. The molecule has 88 valence electrons. The Morgan fingerprint density at radius 1 is 1.27 bits per heavy atom. The molecule has 0 saturated carbocycles. The molecule has 0 aromatic heterocycles. The first-order chi connectivity index (χ1) is 6.88. The fraction of sp³-hybridized carbons (Fsp3) is 0.800. The van der Waals surface area contributed by atoms with Crippen molar-refractivity contribution in [2.24, 2.45) is 0 Å². The van der Waals surface area contributed by atoms with Crippen LogP contribution < -0.4 is 10.6 Å². The van der Waals surface area contributed by atoms with Gasteiger partial charge in [-0.05, 0) is 27.8 Å². The van der Waals surface area contributed by atoms with Crippen LogP contribution in [0.15, 0.2) is 0 Å². The lowest BCUT2D eigenvalue weighted by molar-refractivity contribution is -0.128. The van der Waals surface area contributed by atoms with Crippen LogP contribution >= 0.6 is 0 Å². The van der Waals surface area contributed by atoms with Gasteiger partial charge in [-0.3, -0.25) is 14.5 Å². The number of likely N-dealkylation sites (N-methyl/N-ethyl adjacent to an activating group) is 2. The minimum Gasteiger partial charge on any atom is -0.357 e. The first kappa shape index (κ1) is 13.9. The first-order valence-corrected chi connectivity index (χ1v) is 5.09. The van der Waals surface area contributed by atoms with Crippen LogP contribution in [0.4, 0.5) is 0 Å². The fourth-order valence-electron chi connectivity index (χ4n) is 0.978. The summed E-state index contributed by atoms with van der Waals surface area (Å²) in [5.41, 5.74) is 0. The van der Waals surface area contributed by atoms with E-state index in [0.29, 0.717) is 12.6 Å². The van der Waals surface area contributed by atoms with Gasteiger partial charge >= 0.3 is 0 Å². The summed E-state index contributed by atoms with van der Waals surface area (Å²) >= 11 is 0. The molecule has 2 amide bonds. The van der Waals surface area contributed by atoms with E-state index < -0.39 is 6.04 Å². The molecule has 5 nitrogen and oxygen atoms in total. The molecule has 0 rings (SSSR count). The van der Waals surface area contributed by atoms with Crippen LogP contribution in [0.3, 0.4) is 0 Å². The second-order valence-electron chi connectivity index (χ2n) is 3.91. The van der Waals surface area contributed by atoms with E-state index in [-0.39, 0.29) is 11.8 Å². The quantitative estimate of drug-likeness (QED) is 0.654. The molecule has 0 aliphatic carbocycles. The molecule has 15 heavy (non-hydrogen) atoms. The summed E-state index contributed by atoms with van der Waals surface area (Å²) in [4.78, 5) is 24.5. The Hall–Kier alpha value is -1.10. The SMILES string of the molecule is CNC(=O)[C@@H](C)NC(=O)CN(C)C(C)C. The topological polar surface area (TPSA) is 61.4 Å². The van der Waals surface area contributed by atoms with E-state index in [1.54, 1.807) is 14.0 Å². The summed E-state index contributed by atoms with van der Waals surface area (Å²) < 4.78 is 0. The molecule has 0 unspecified atom stereocenters. The first-order valence-electron chi connectivity index (χ1n) is 5.09. The highest BCUT2D eigenvalue weighted by Crippen LogP contribution is 1.92. The Labute approximate surface area is 91.2 Å². The van der Waals surface area contributed by atoms with E-state index in [1.807, 2.05) is 25.8 Å². The zero-order valence-corrected chi connectivity index (χ0v) is 10.1. The van der Waals surface area contributed by atoms with Gasteiger partial charge in [0.1, 0.15) is 6.04 Å². The maximum absolute atomic E-state index is 11.5. The zero-order valence-electron chi connectivity index (χ0n) is 10.1. The normalized spacial score (nSPS) is 12.7. The molecule has 1 atom stereocenters. The van der Waals surface area contributed by atoms with Crippen molar-refractivity contribution in [2.75, 3.05) is 20.6 Å². The molecule has 0 aliphatic heterocycles. The lowest BCUT2D eigenvalue weighted by Gasteiger charge is -2.21. The zero-order chi connectivity index (χ0) is 12.0. The summed E-state index contributed by atoms with van der Waals surface area (Å²) in [6.45, 7) is 5.98. The summed E-state index contributed by atoms with van der Waals surface area (Å²) in [5.74, 6) is -0.321. The van der Waals surface area contributed by atoms with Crippen LogP contribution in [0.1, 0.15) is 20.8 Å². The third-order valence-corrected chi connectivity index (χ3v) is 2.29. The molecule has 2 N–H and O–H groups in total. The van der Waals surface area contributed by atoms with E-state index in [2.05, 4.69) is 10.6 Å². The predicted octanol–water partition coefficient (Wildman–Crippen LogP) is -0.423. The van der Waals surface area contributed by atoms with Crippen molar-refractivity contribution in [2.45, 2.75) is 32.9 Å². The van der Waals surface area contributed by atoms with Crippen LogP contribution in [0.25, 0.3) is 0 Å². The molecular weight excluding hydrogens is 194 g/mol. The van der Waals surface area contributed by atoms with Crippen LogP contribution in [0.2, 0.25) is 0 Å². The minimum absolute atomic E-state index is 0.137. The Balaban J connectivity index is 3.98. The van der Waals surface area contributed by atoms with E-state index in [9.17, 15) is 9.59 Å². The van der Waals surface area contributed by atoms with Gasteiger partial charge in [0.15, 0.2) is 0 Å². The Kier molecular flexibility index (Phi) is 5.93. The smallest absolute Gasteiger partial charge is 0.242 e. The van der Waals surface area contributed by atoms with Gasteiger partial charge in [-0.2, -0.15) is 0 Å². The minimum atomic E-state index is -0.483. The largest absolute Gasteiger partial charge is 0.357 e. The van der Waals surface area contributed by atoms with Crippen molar-refractivity contribution in [3.05, 3.63) is 0 Å². The van der Waals surface area contributed by atoms with Gasteiger partial charge in [0.05, 0.1) is 6.54 Å². The number of rotatable bonds is 5. The molecule has 0 aromatic rings. The fourth-order valence-corrected chi connectivity index (χ4v) is 0.978. The maximum Gasteiger partial charge on any atom is 0.242 e. The molecule has 0 fully saturated rings. The Bertz CT molecular complexity index is 229. The van der Waals surface area contributed by atoms with Crippen LogP contribution in [0, 0.1) is 0 Å². The number of hydrogen-bond donors (Lipinski definition) is 2. The standard InChI is InChI=1S/C10H21N3O2/c1-7(2)13(5)6-9(14)12-8(3)10(15)11-4/h7-8H,6H2,1-5H3,(H,11,15)(H,12,14)/t8-/m1/s1. The van der Waals surface area contributed by atoms with Crippen molar-refractivity contribution >= 4 is 11.8 Å². The van der Waals surface area contributed by atoms with Crippen LogP contribution in [0.5, 0.6) is 0 Å². The summed E-state index contributed by atoms with van der Waals surface area (Å²) in [5, 5.41) is 5.10. The lowest BCUT2D eigenvalue weighted by atomic mass is 10.3. The van der Waals surface area contributed by atoms with Gasteiger partial charge in [0, 0.05) is 13.1 Å². The van der Waals surface area contributed by atoms with Gasteiger partial charge in [-0.1, -0.05) is 0 Å². The summed E-state index contributed by atoms with van der Waals surface area (Å²) in [6.07, 6.45) is 0. The van der Waals surface area contributed by atoms with Gasteiger partial charge < -0.3 is 10.6 Å². The molecule has 0 aromatic carbocycles. The summed E-state index contributed by atoms with van der Waals surface area (Å²) in [6, 6.07) is -0.172. The van der Waals surface area contributed by atoms with Crippen molar-refractivity contribution in [1.29, 1.82) is 0 Å². The number of carbonyl (C=O) groups is 2. The van der Waals surface area contributed by atoms with Gasteiger partial charge in [0.2, 0.25) is 11.8 Å². The van der Waals surface area contributed by atoms with Crippen molar-refractivity contribution in [3.63, 3.8) is 0 Å². The number of amides is 2. The van der Waals surface area contributed by atoms with Crippen molar-refractivity contribution in [3.8, 4) is 0 Å². The second-order valence-corrected chi connectivity index (χ2v) is 3.91. The van der Waals surface area contributed by atoms with Crippen LogP contribution in [-0.2, 0) is 9.59 Å². The van der Waals surface area contributed by atoms with Crippen molar-refractivity contribution < 1.29 is 9.59 Å². The third-order valence-electron chi connectivity index (χ3n) is 2.29. The molecule has 0 bridgehead atoms. The molecule has 0 aliphatic rings. The third kappa shape index (κ3) is 5.37. The molecule has 0 heterocycles. The lowest BCUT2D eigenvalue weighted by Crippen LogP contribution is -2.47. The predicted molar refractivity (Wildman–Crippen MR) is 59.4 cm³/mol. The number of nitrogens with zero attached hydrogens (tertiary/aromatic N) is 1. The van der Waals surface area contributed by atoms with Crippen LogP contribution in [-0.4, -0.2) is 49.4 Å². The highest BCUT2D eigenvalue weighted by molar-refractivity contribution is 5.87. The second kappa shape index (κ2) is 6.40. The maximum atomic E-state index is 11.5. The highest BCUT2D eigenvalue weighted by atomic mass is 16.2. The molecule has 0 saturated heterocycles. The molecule has 0 spiro atoms. The number of hydrogen-bond acceptors (Lipinski definition) is 3. The monoisotopic (exact) mass is 215 g/mol. The molecule has 5 heteroatoms. The van der Waals surface area contributed by atoms with Crippen molar-refractivity contribution in [1.82, 2.24) is 15.5 Å². The average Bonchev–Trinajstić information content (AvgIpc) is 2.15. The highest BCUT2D eigenvalue weighted by Gasteiger charge is 2.15. The van der Waals surface area contributed by atoms with E-state index in [4.69, 9.17) is 0 Å². The van der Waals surface area contributed by atoms with E-state index in [0.717, 1.165) is 0 Å². The Morgan fingerprint density at radius 3 is 2.20 bits per heavy atom. The van der Waals surface area contributed by atoms with Gasteiger partial charge in [-0.15, -0.1) is 0 Å². The number of nitrogens with one attached hydrogen (secondary N) is 2. The van der Waals surface area contributed by atoms with E-state index >= 15 is 0 Å². The van der Waals surface area contributed by atoms with Gasteiger partial charge in [0.25, 0.3) is 0 Å². The van der Waals surface area contributed by atoms with E-state index in [1.165, 1.54) is 0 Å². The molecule has 0 radical (unpaired) electrons. The van der Waals surface area contributed by atoms with Gasteiger partial charge in [-0.25, -0.2) is 0 Å².